The van der Waals surface area contributed by atoms with Gasteiger partial charge >= 0.3 is 0 Å². The van der Waals surface area contributed by atoms with Gasteiger partial charge in [-0.15, -0.1) is 0 Å². The van der Waals surface area contributed by atoms with Crippen molar-refractivity contribution < 1.29 is 0 Å². The molecule has 0 spiro atoms. The van der Waals surface area contributed by atoms with Gasteiger partial charge in [-0.25, -0.2) is 0 Å². The molecule has 0 fully saturated rings. The van der Waals surface area contributed by atoms with Crippen LogP contribution in [0.3, 0.4) is 0 Å². The normalized spacial score (nSPS) is 21.9. The van der Waals surface area contributed by atoms with E-state index in [1.165, 1.54) is 0 Å². The molecular formula is C13H14BrN5. The summed E-state index contributed by atoms with van der Waals surface area (Å²) in [5, 5.41) is 4.33. The standard InChI is InChI=1S/C13H14BrN5/c1-13(8-3-2-4-9(15)5-8)7-19-11(12(16)18-13)10(14)6-17-19/h2-6H,7,15H2,1H3,(H2,16,18). The van der Waals surface area contributed by atoms with Crippen LogP contribution in [0.15, 0.2) is 39.9 Å². The minimum Gasteiger partial charge on any atom is -0.399 e. The molecule has 0 amide bonds. The Bertz CT molecular complexity index is 675. The minimum absolute atomic E-state index is 0.447. The second-order valence-corrected chi connectivity index (χ2v) is 5.75. The quantitative estimate of drug-likeness (QED) is 0.787. The highest BCUT2D eigenvalue weighted by atomic mass is 79.9. The Labute approximate surface area is 119 Å². The molecule has 6 heteroatoms. The van der Waals surface area contributed by atoms with E-state index in [0.717, 1.165) is 21.4 Å². The van der Waals surface area contributed by atoms with Gasteiger partial charge in [0.25, 0.3) is 0 Å². The number of rotatable bonds is 1. The molecule has 2 aromatic rings. The fourth-order valence-corrected chi connectivity index (χ4v) is 2.91. The average molecular weight is 320 g/mol. The van der Waals surface area contributed by atoms with E-state index in [9.17, 15) is 0 Å². The number of anilines is 1. The Kier molecular flexibility index (Phi) is 2.63. The van der Waals surface area contributed by atoms with Crippen LogP contribution >= 0.6 is 15.9 Å². The molecule has 1 aliphatic rings. The van der Waals surface area contributed by atoms with Crippen molar-refractivity contribution in [1.29, 1.82) is 0 Å². The first kappa shape index (κ1) is 12.2. The first-order valence-corrected chi connectivity index (χ1v) is 6.72. The van der Waals surface area contributed by atoms with Crippen LogP contribution in [-0.2, 0) is 12.1 Å². The predicted octanol–water partition coefficient (Wildman–Crippen LogP) is 1.86. The molecule has 1 aliphatic heterocycles. The predicted molar refractivity (Wildman–Crippen MR) is 78.9 cm³/mol. The van der Waals surface area contributed by atoms with Gasteiger partial charge in [0.05, 0.1) is 17.2 Å². The molecular weight excluding hydrogens is 306 g/mol. The zero-order valence-corrected chi connectivity index (χ0v) is 12.1. The Hall–Kier alpha value is -1.82. The summed E-state index contributed by atoms with van der Waals surface area (Å²) >= 11 is 3.43. The summed E-state index contributed by atoms with van der Waals surface area (Å²) in [5.41, 5.74) is 14.1. The average Bonchev–Trinajstić information content (AvgIpc) is 2.71. The summed E-state index contributed by atoms with van der Waals surface area (Å²) in [6.45, 7) is 2.67. The van der Waals surface area contributed by atoms with Crippen LogP contribution in [-0.4, -0.2) is 15.6 Å². The number of halogens is 1. The van der Waals surface area contributed by atoms with E-state index in [1.54, 1.807) is 6.20 Å². The second-order valence-electron chi connectivity index (χ2n) is 4.90. The molecule has 0 aliphatic carbocycles. The number of aromatic nitrogens is 2. The summed E-state index contributed by atoms with van der Waals surface area (Å²) in [6, 6.07) is 7.73. The largest absolute Gasteiger partial charge is 0.399 e. The number of benzene rings is 1. The zero-order valence-electron chi connectivity index (χ0n) is 10.5. The van der Waals surface area contributed by atoms with Crippen LogP contribution in [0.4, 0.5) is 5.69 Å². The second kappa shape index (κ2) is 4.09. The van der Waals surface area contributed by atoms with Crippen LogP contribution in [0.25, 0.3) is 0 Å². The topological polar surface area (TPSA) is 82.2 Å². The molecule has 5 nitrogen and oxygen atoms in total. The number of nitrogens with two attached hydrogens (primary N) is 2. The third kappa shape index (κ3) is 1.92. The molecule has 98 valence electrons. The molecule has 2 heterocycles. The molecule has 1 unspecified atom stereocenters. The molecule has 1 aromatic heterocycles. The van der Waals surface area contributed by atoms with E-state index in [0.29, 0.717) is 12.4 Å². The molecule has 1 atom stereocenters. The molecule has 3 rings (SSSR count). The Balaban J connectivity index is 2.11. The molecule has 0 saturated carbocycles. The van der Waals surface area contributed by atoms with Crippen LogP contribution in [0, 0.1) is 0 Å². The number of nitrogens with zero attached hydrogens (tertiary/aromatic N) is 3. The van der Waals surface area contributed by atoms with Gasteiger partial charge in [0, 0.05) is 5.69 Å². The van der Waals surface area contributed by atoms with E-state index >= 15 is 0 Å². The smallest absolute Gasteiger partial charge is 0.146 e. The van der Waals surface area contributed by atoms with Crippen molar-refractivity contribution >= 4 is 27.5 Å². The monoisotopic (exact) mass is 319 g/mol. The van der Waals surface area contributed by atoms with Crippen LogP contribution in [0.1, 0.15) is 18.2 Å². The fourth-order valence-electron chi connectivity index (χ4n) is 2.41. The number of nitrogen functional groups attached to an aromatic ring is 1. The van der Waals surface area contributed by atoms with Crippen LogP contribution < -0.4 is 11.5 Å². The lowest BCUT2D eigenvalue weighted by Gasteiger charge is -2.31. The van der Waals surface area contributed by atoms with Crippen molar-refractivity contribution in [3.05, 3.63) is 46.2 Å². The molecule has 0 saturated heterocycles. The van der Waals surface area contributed by atoms with Gasteiger partial charge in [-0.05, 0) is 40.5 Å². The van der Waals surface area contributed by atoms with Crippen molar-refractivity contribution in [2.75, 3.05) is 5.73 Å². The van der Waals surface area contributed by atoms with Gasteiger partial charge in [-0.2, -0.15) is 5.10 Å². The number of aliphatic imine (C=N–C) groups is 1. The maximum absolute atomic E-state index is 6.07. The lowest BCUT2D eigenvalue weighted by Crippen LogP contribution is -2.37. The van der Waals surface area contributed by atoms with Crippen molar-refractivity contribution in [3.63, 3.8) is 0 Å². The number of amidine groups is 1. The maximum Gasteiger partial charge on any atom is 0.146 e. The van der Waals surface area contributed by atoms with Gasteiger partial charge in [-0.1, -0.05) is 12.1 Å². The van der Waals surface area contributed by atoms with Crippen LogP contribution in [0.2, 0.25) is 0 Å². The third-order valence-corrected chi connectivity index (χ3v) is 3.95. The molecule has 0 bridgehead atoms. The maximum atomic E-state index is 6.07. The Morgan fingerprint density at radius 3 is 2.89 bits per heavy atom. The van der Waals surface area contributed by atoms with Crippen LogP contribution in [0.5, 0.6) is 0 Å². The van der Waals surface area contributed by atoms with E-state index < -0.39 is 5.54 Å². The highest BCUT2D eigenvalue weighted by Crippen LogP contribution is 2.33. The van der Waals surface area contributed by atoms with E-state index in [-0.39, 0.29) is 0 Å². The van der Waals surface area contributed by atoms with Crippen molar-refractivity contribution in [2.45, 2.75) is 19.0 Å². The molecule has 19 heavy (non-hydrogen) atoms. The van der Waals surface area contributed by atoms with Crippen molar-refractivity contribution in [1.82, 2.24) is 9.78 Å². The zero-order chi connectivity index (χ0) is 13.6. The summed E-state index contributed by atoms with van der Waals surface area (Å²) in [7, 11) is 0. The fraction of sp³-hybridized carbons (Fsp3) is 0.231. The first-order chi connectivity index (χ1) is 8.99. The molecule has 4 N–H and O–H groups in total. The summed E-state index contributed by atoms with van der Waals surface area (Å²) in [4.78, 5) is 4.65. The Morgan fingerprint density at radius 1 is 1.37 bits per heavy atom. The van der Waals surface area contributed by atoms with Gasteiger partial charge in [0.1, 0.15) is 17.1 Å². The van der Waals surface area contributed by atoms with Gasteiger partial charge in [-0.3, -0.25) is 9.67 Å². The van der Waals surface area contributed by atoms with E-state index in [1.807, 2.05) is 35.9 Å². The van der Waals surface area contributed by atoms with Crippen molar-refractivity contribution in [2.24, 2.45) is 10.7 Å². The summed E-state index contributed by atoms with van der Waals surface area (Å²) < 4.78 is 2.73. The third-order valence-electron chi connectivity index (χ3n) is 3.37. The summed E-state index contributed by atoms with van der Waals surface area (Å²) in [5.74, 6) is 0.487. The number of fused-ring (bicyclic) bond motifs is 1. The van der Waals surface area contributed by atoms with Crippen molar-refractivity contribution in [3.8, 4) is 0 Å². The van der Waals surface area contributed by atoms with Gasteiger partial charge in [0.2, 0.25) is 0 Å². The van der Waals surface area contributed by atoms with E-state index in [2.05, 4.69) is 26.0 Å². The summed E-state index contributed by atoms with van der Waals surface area (Å²) in [6.07, 6.45) is 1.74. The van der Waals surface area contributed by atoms with Gasteiger partial charge in [0.15, 0.2) is 0 Å². The first-order valence-electron chi connectivity index (χ1n) is 5.93. The number of hydrogen-bond donors (Lipinski definition) is 2. The lowest BCUT2D eigenvalue weighted by atomic mass is 9.91. The van der Waals surface area contributed by atoms with E-state index in [4.69, 9.17) is 11.5 Å². The highest BCUT2D eigenvalue weighted by Gasteiger charge is 2.33. The Morgan fingerprint density at radius 2 is 2.16 bits per heavy atom. The highest BCUT2D eigenvalue weighted by molar-refractivity contribution is 9.10. The lowest BCUT2D eigenvalue weighted by molar-refractivity contribution is 0.377. The minimum atomic E-state index is -0.447. The molecule has 0 radical (unpaired) electrons. The number of hydrogen-bond acceptors (Lipinski definition) is 4. The molecule has 1 aromatic carbocycles. The van der Waals surface area contributed by atoms with Gasteiger partial charge < -0.3 is 11.5 Å². The SMILES string of the molecule is CC1(c2cccc(N)c2)Cn2ncc(Br)c2C(N)=N1.